The van der Waals surface area contributed by atoms with Gasteiger partial charge in [-0.25, -0.2) is 13.1 Å². The van der Waals surface area contributed by atoms with Crippen molar-refractivity contribution in [3.8, 4) is 0 Å². The Morgan fingerprint density at radius 3 is 2.67 bits per heavy atom. The van der Waals surface area contributed by atoms with Crippen molar-refractivity contribution in [3.05, 3.63) is 28.3 Å². The van der Waals surface area contributed by atoms with E-state index in [1.165, 1.54) is 6.07 Å². The van der Waals surface area contributed by atoms with E-state index in [2.05, 4.69) is 4.72 Å². The molecule has 4 nitrogen and oxygen atoms in total. The third-order valence-corrected chi connectivity index (χ3v) is 6.61. The van der Waals surface area contributed by atoms with Crippen LogP contribution in [0.2, 0.25) is 5.02 Å². The molecule has 0 amide bonds. The zero-order valence-electron chi connectivity index (χ0n) is 11.9. The van der Waals surface area contributed by atoms with Crippen LogP contribution in [-0.4, -0.2) is 31.6 Å². The number of nitrogens with one attached hydrogen (secondary N) is 1. The van der Waals surface area contributed by atoms with E-state index in [0.717, 1.165) is 24.3 Å². The summed E-state index contributed by atoms with van der Waals surface area (Å²) < 4.78 is 27.6. The summed E-state index contributed by atoms with van der Waals surface area (Å²) >= 11 is 7.86. The lowest BCUT2D eigenvalue weighted by Gasteiger charge is -2.22. The van der Waals surface area contributed by atoms with E-state index in [9.17, 15) is 13.5 Å². The first kappa shape index (κ1) is 17.1. The zero-order valence-corrected chi connectivity index (χ0v) is 14.3. The van der Waals surface area contributed by atoms with Crippen molar-refractivity contribution in [2.75, 3.05) is 18.1 Å². The Morgan fingerprint density at radius 1 is 1.38 bits per heavy atom. The van der Waals surface area contributed by atoms with Gasteiger partial charge >= 0.3 is 0 Å². The molecule has 1 saturated heterocycles. The highest BCUT2D eigenvalue weighted by atomic mass is 35.5. The summed E-state index contributed by atoms with van der Waals surface area (Å²) in [6, 6.07) is 3.03. The number of aliphatic hydroxyl groups is 1. The Morgan fingerprint density at radius 2 is 2.05 bits per heavy atom. The second-order valence-corrected chi connectivity index (χ2v) is 8.65. The fourth-order valence-corrected chi connectivity index (χ4v) is 5.34. The van der Waals surface area contributed by atoms with Gasteiger partial charge in [0.2, 0.25) is 10.0 Å². The van der Waals surface area contributed by atoms with Crippen LogP contribution < -0.4 is 4.72 Å². The first-order valence-electron chi connectivity index (χ1n) is 6.91. The van der Waals surface area contributed by atoms with E-state index in [-0.39, 0.29) is 11.5 Å². The molecule has 0 saturated carbocycles. The van der Waals surface area contributed by atoms with Crippen molar-refractivity contribution in [3.63, 3.8) is 0 Å². The van der Waals surface area contributed by atoms with Crippen LogP contribution in [0.15, 0.2) is 17.0 Å². The normalized spacial score (nSPS) is 17.1. The number of sulfonamides is 1. The van der Waals surface area contributed by atoms with E-state index < -0.39 is 10.0 Å². The molecule has 1 aromatic carbocycles. The molecule has 1 aliphatic rings. The average molecular weight is 350 g/mol. The Labute approximate surface area is 135 Å². The van der Waals surface area contributed by atoms with Crippen LogP contribution in [0, 0.1) is 12.8 Å². The molecule has 2 N–H and O–H groups in total. The number of thioether (sulfide) groups is 1. The molecular formula is C14H20ClNO3S2. The van der Waals surface area contributed by atoms with Crippen LogP contribution in [0.5, 0.6) is 0 Å². The lowest BCUT2D eigenvalue weighted by molar-refractivity contribution is 0.280. The molecule has 0 unspecified atom stereocenters. The highest BCUT2D eigenvalue weighted by Crippen LogP contribution is 2.26. The van der Waals surface area contributed by atoms with Gasteiger partial charge < -0.3 is 5.11 Å². The van der Waals surface area contributed by atoms with Crippen molar-refractivity contribution in [2.24, 2.45) is 5.92 Å². The molecule has 1 aliphatic heterocycles. The number of rotatable bonds is 5. The van der Waals surface area contributed by atoms with Gasteiger partial charge in [-0.05, 0) is 60.4 Å². The Balaban J connectivity index is 2.17. The van der Waals surface area contributed by atoms with E-state index in [0.29, 0.717) is 28.6 Å². The summed E-state index contributed by atoms with van der Waals surface area (Å²) in [6.07, 6.45) is 2.09. The molecule has 0 radical (unpaired) electrons. The largest absolute Gasteiger partial charge is 0.392 e. The Kier molecular flexibility index (Phi) is 5.96. The van der Waals surface area contributed by atoms with Crippen molar-refractivity contribution in [1.29, 1.82) is 0 Å². The number of halogens is 1. The Bertz CT molecular complexity index is 598. The molecular weight excluding hydrogens is 330 g/mol. The zero-order chi connectivity index (χ0) is 15.5. The molecule has 0 atom stereocenters. The Hall–Kier alpha value is -0.270. The van der Waals surface area contributed by atoms with Crippen molar-refractivity contribution in [1.82, 2.24) is 4.72 Å². The van der Waals surface area contributed by atoms with Gasteiger partial charge in [-0.3, -0.25) is 0 Å². The minimum Gasteiger partial charge on any atom is -0.392 e. The van der Waals surface area contributed by atoms with Crippen molar-refractivity contribution >= 4 is 33.4 Å². The quantitative estimate of drug-likeness (QED) is 0.857. The summed E-state index contributed by atoms with van der Waals surface area (Å²) in [6.45, 7) is 1.92. The van der Waals surface area contributed by atoms with Crippen LogP contribution >= 0.6 is 23.4 Å². The van der Waals surface area contributed by atoms with E-state index in [1.54, 1.807) is 13.0 Å². The molecule has 1 fully saturated rings. The first-order valence-corrected chi connectivity index (χ1v) is 9.93. The summed E-state index contributed by atoms with van der Waals surface area (Å²) in [5.41, 5.74) is 1.09. The van der Waals surface area contributed by atoms with Crippen molar-refractivity contribution in [2.45, 2.75) is 31.3 Å². The summed E-state index contributed by atoms with van der Waals surface area (Å²) in [4.78, 5) is 0.157. The summed E-state index contributed by atoms with van der Waals surface area (Å²) in [7, 11) is -3.60. The van der Waals surface area contributed by atoms with E-state index in [4.69, 9.17) is 11.6 Å². The number of hydrogen-bond acceptors (Lipinski definition) is 4. The SMILES string of the molecule is Cc1c(CO)cc(Cl)cc1S(=O)(=O)NCC1CCSCC1. The van der Waals surface area contributed by atoms with Crippen LogP contribution in [0.25, 0.3) is 0 Å². The van der Waals surface area contributed by atoms with Crippen LogP contribution in [-0.2, 0) is 16.6 Å². The monoisotopic (exact) mass is 349 g/mol. The molecule has 2 rings (SSSR count). The fraction of sp³-hybridized carbons (Fsp3) is 0.571. The molecule has 1 aromatic rings. The number of hydrogen-bond donors (Lipinski definition) is 2. The number of benzene rings is 1. The molecule has 21 heavy (non-hydrogen) atoms. The predicted molar refractivity (Wildman–Crippen MR) is 87.3 cm³/mol. The molecule has 1 heterocycles. The highest BCUT2D eigenvalue weighted by Gasteiger charge is 2.22. The lowest BCUT2D eigenvalue weighted by atomic mass is 10.0. The minimum absolute atomic E-state index is 0.157. The molecule has 118 valence electrons. The van der Waals surface area contributed by atoms with Gasteiger partial charge in [0, 0.05) is 11.6 Å². The van der Waals surface area contributed by atoms with Gasteiger partial charge in [-0.2, -0.15) is 11.8 Å². The van der Waals surface area contributed by atoms with Gasteiger partial charge in [0.1, 0.15) is 0 Å². The molecule has 0 spiro atoms. The maximum Gasteiger partial charge on any atom is 0.240 e. The average Bonchev–Trinajstić information content (AvgIpc) is 2.48. The molecule has 7 heteroatoms. The third-order valence-electron chi connectivity index (χ3n) is 3.80. The van der Waals surface area contributed by atoms with Crippen LogP contribution in [0.1, 0.15) is 24.0 Å². The second kappa shape index (κ2) is 7.33. The van der Waals surface area contributed by atoms with Gasteiger partial charge in [-0.1, -0.05) is 11.6 Å². The number of aliphatic hydroxyl groups excluding tert-OH is 1. The molecule has 0 bridgehead atoms. The predicted octanol–water partition coefficient (Wildman–Crippen LogP) is 2.56. The highest BCUT2D eigenvalue weighted by molar-refractivity contribution is 7.99. The molecule has 0 aliphatic carbocycles. The standard InChI is InChI=1S/C14H20ClNO3S2/c1-10-12(9-17)6-13(15)7-14(10)21(18,19)16-8-11-2-4-20-5-3-11/h6-7,11,16-17H,2-5,8-9H2,1H3. The van der Waals surface area contributed by atoms with E-state index >= 15 is 0 Å². The minimum atomic E-state index is -3.60. The van der Waals surface area contributed by atoms with Crippen molar-refractivity contribution < 1.29 is 13.5 Å². The van der Waals surface area contributed by atoms with Crippen LogP contribution in [0.3, 0.4) is 0 Å². The van der Waals surface area contributed by atoms with E-state index in [1.807, 2.05) is 11.8 Å². The van der Waals surface area contributed by atoms with Crippen LogP contribution in [0.4, 0.5) is 0 Å². The maximum absolute atomic E-state index is 12.5. The van der Waals surface area contributed by atoms with Gasteiger partial charge in [-0.15, -0.1) is 0 Å². The fourth-order valence-electron chi connectivity index (χ4n) is 2.41. The summed E-state index contributed by atoms with van der Waals surface area (Å²) in [5.74, 6) is 2.59. The first-order chi connectivity index (χ1) is 9.94. The third kappa shape index (κ3) is 4.36. The topological polar surface area (TPSA) is 66.4 Å². The van der Waals surface area contributed by atoms with Gasteiger partial charge in [0.15, 0.2) is 0 Å². The second-order valence-electron chi connectivity index (χ2n) is 5.25. The summed E-state index contributed by atoms with van der Waals surface area (Å²) in [5, 5.41) is 9.61. The van der Waals surface area contributed by atoms with Gasteiger partial charge in [0.25, 0.3) is 0 Å². The lowest BCUT2D eigenvalue weighted by Crippen LogP contribution is -2.31. The maximum atomic E-state index is 12.5. The smallest absolute Gasteiger partial charge is 0.240 e. The van der Waals surface area contributed by atoms with Gasteiger partial charge in [0.05, 0.1) is 11.5 Å². The molecule has 0 aromatic heterocycles.